The first kappa shape index (κ1) is 38.2. The highest BCUT2D eigenvalue weighted by Crippen LogP contribution is 2.45. The molecule has 248 valence electrons. The van der Waals surface area contributed by atoms with Gasteiger partial charge in [-0.15, -0.1) is 24.8 Å². The fourth-order valence-corrected chi connectivity index (χ4v) is 6.69. The van der Waals surface area contributed by atoms with Gasteiger partial charge in [0.25, 0.3) is 0 Å². The number of benzene rings is 2. The van der Waals surface area contributed by atoms with Crippen LogP contribution in [-0.2, 0) is 10.2 Å². The summed E-state index contributed by atoms with van der Waals surface area (Å²) < 4.78 is 67.7. The molecule has 1 aliphatic carbocycles. The van der Waals surface area contributed by atoms with Gasteiger partial charge in [-0.1, -0.05) is 24.3 Å². The van der Waals surface area contributed by atoms with Crippen LogP contribution in [0.4, 0.5) is 23.2 Å². The summed E-state index contributed by atoms with van der Waals surface area (Å²) in [4.78, 5) is 2.04. The van der Waals surface area contributed by atoms with Crippen LogP contribution in [0.15, 0.2) is 48.5 Å². The van der Waals surface area contributed by atoms with Gasteiger partial charge in [0, 0.05) is 25.1 Å². The Kier molecular flexibility index (Phi) is 13.1. The molecule has 0 spiro atoms. The van der Waals surface area contributed by atoms with Crippen molar-refractivity contribution in [3.63, 3.8) is 0 Å². The minimum absolute atomic E-state index is 0. The maximum absolute atomic E-state index is 14.1. The minimum atomic E-state index is -4.31. The van der Waals surface area contributed by atoms with Crippen LogP contribution >= 0.6 is 24.8 Å². The Morgan fingerprint density at radius 2 is 1.75 bits per heavy atom. The lowest BCUT2D eigenvalue weighted by molar-refractivity contribution is -0.217. The summed E-state index contributed by atoms with van der Waals surface area (Å²) in [5.74, 6) is 0.567. The van der Waals surface area contributed by atoms with Crippen molar-refractivity contribution in [2.45, 2.75) is 83.4 Å². The van der Waals surface area contributed by atoms with Crippen molar-refractivity contribution >= 4 is 36.1 Å². The van der Waals surface area contributed by atoms with E-state index in [0.717, 1.165) is 55.4 Å². The highest BCUT2D eigenvalue weighted by atomic mass is 35.5. The van der Waals surface area contributed by atoms with Crippen LogP contribution in [0.2, 0.25) is 0 Å². The normalized spacial score (nSPS) is 22.0. The Morgan fingerprint density at radius 3 is 2.30 bits per heavy atom. The fraction of sp³-hybridized carbons (Fsp3) is 0.588. The Balaban J connectivity index is 0.00000337. The van der Waals surface area contributed by atoms with E-state index in [9.17, 15) is 17.6 Å². The molecular weight excluding hydrogens is 615 g/mol. The molecule has 1 heterocycles. The van der Waals surface area contributed by atoms with Gasteiger partial charge in [0.1, 0.15) is 11.6 Å². The van der Waals surface area contributed by atoms with E-state index in [4.69, 9.17) is 15.2 Å². The van der Waals surface area contributed by atoms with Gasteiger partial charge in [0.2, 0.25) is 0 Å². The number of hydrogen-bond acceptors (Lipinski definition) is 4. The number of alkyl halides is 3. The molecule has 44 heavy (non-hydrogen) atoms. The zero-order chi connectivity index (χ0) is 30.8. The molecule has 0 bridgehead atoms. The predicted octanol–water partition coefficient (Wildman–Crippen LogP) is 9.25. The molecule has 2 aliphatic rings. The van der Waals surface area contributed by atoms with Crippen molar-refractivity contribution in [2.75, 3.05) is 39.1 Å². The molecule has 2 N–H and O–H groups in total. The Morgan fingerprint density at radius 1 is 1.07 bits per heavy atom. The van der Waals surface area contributed by atoms with Crippen LogP contribution in [-0.4, -0.2) is 50.0 Å². The third-order valence-electron chi connectivity index (χ3n) is 9.24. The molecule has 1 unspecified atom stereocenters. The van der Waals surface area contributed by atoms with E-state index in [1.54, 1.807) is 13.2 Å². The molecule has 2 aromatic carbocycles. The summed E-state index contributed by atoms with van der Waals surface area (Å²) >= 11 is 0. The predicted molar refractivity (Wildman–Crippen MR) is 175 cm³/mol. The van der Waals surface area contributed by atoms with E-state index in [-0.39, 0.29) is 54.0 Å². The number of nitrogens with two attached hydrogens (primary N) is 1. The zero-order valence-corrected chi connectivity index (χ0v) is 28.1. The molecule has 1 aliphatic heterocycles. The molecule has 1 saturated heterocycles. The number of methoxy groups -OCH3 is 1. The lowest BCUT2D eigenvalue weighted by atomic mass is 9.67. The van der Waals surface area contributed by atoms with Gasteiger partial charge in [-0.2, -0.15) is 13.2 Å². The molecule has 2 aromatic rings. The van der Waals surface area contributed by atoms with Gasteiger partial charge < -0.3 is 20.1 Å². The average Bonchev–Trinajstić information content (AvgIpc) is 2.92. The first-order valence-corrected chi connectivity index (χ1v) is 15.0. The van der Waals surface area contributed by atoms with E-state index in [1.165, 1.54) is 25.5 Å². The van der Waals surface area contributed by atoms with E-state index in [1.807, 2.05) is 23.1 Å². The first-order chi connectivity index (χ1) is 19.6. The highest BCUT2D eigenvalue weighted by molar-refractivity contribution is 5.85. The second-order valence-electron chi connectivity index (χ2n) is 13.5. The van der Waals surface area contributed by atoms with Crippen molar-refractivity contribution in [2.24, 2.45) is 11.3 Å². The van der Waals surface area contributed by atoms with Crippen molar-refractivity contribution < 1.29 is 27.0 Å². The fourth-order valence-electron chi connectivity index (χ4n) is 6.69. The Labute approximate surface area is 272 Å². The number of rotatable bonds is 10. The van der Waals surface area contributed by atoms with Crippen LogP contribution in [0.25, 0.3) is 5.57 Å². The Bertz CT molecular complexity index is 1250. The van der Waals surface area contributed by atoms with Crippen LogP contribution in [0.5, 0.6) is 5.75 Å². The summed E-state index contributed by atoms with van der Waals surface area (Å²) in [5.41, 5.74) is 6.43. The molecule has 2 atom stereocenters. The number of nitrogen functional groups attached to an aromatic ring is 1. The average molecular weight is 664 g/mol. The van der Waals surface area contributed by atoms with Crippen molar-refractivity contribution in [3.05, 3.63) is 65.5 Å². The molecule has 4 nitrogen and oxygen atoms in total. The third kappa shape index (κ3) is 9.27. The van der Waals surface area contributed by atoms with Crippen molar-refractivity contribution in [1.29, 1.82) is 0 Å². The summed E-state index contributed by atoms with van der Waals surface area (Å²) in [6.07, 6.45) is 2.48. The van der Waals surface area contributed by atoms with E-state index in [0.29, 0.717) is 19.7 Å². The van der Waals surface area contributed by atoms with Crippen LogP contribution in [0.3, 0.4) is 0 Å². The monoisotopic (exact) mass is 662 g/mol. The topological polar surface area (TPSA) is 47.7 Å². The molecule has 1 fully saturated rings. The quantitative estimate of drug-likeness (QED) is 0.203. The number of halogens is 6. The maximum Gasteiger partial charge on any atom is 0.395 e. The molecule has 4 rings (SSSR count). The van der Waals surface area contributed by atoms with Gasteiger partial charge >= 0.3 is 6.18 Å². The van der Waals surface area contributed by atoms with Gasteiger partial charge in [0.05, 0.1) is 23.8 Å². The number of ether oxygens (including phenoxy) is 2. The number of hydrogen-bond donors (Lipinski definition) is 1. The molecular formula is C34H48Cl2F4N2O2. The summed E-state index contributed by atoms with van der Waals surface area (Å²) in [5, 5.41) is 0. The summed E-state index contributed by atoms with van der Waals surface area (Å²) in [7, 11) is 1.64. The van der Waals surface area contributed by atoms with Crippen LogP contribution in [0, 0.1) is 17.2 Å². The van der Waals surface area contributed by atoms with E-state index in [2.05, 4.69) is 32.1 Å². The number of anilines is 1. The largest absolute Gasteiger partial charge is 0.497 e. The van der Waals surface area contributed by atoms with Gasteiger partial charge in [-0.05, 0) is 120 Å². The molecule has 10 heteroatoms. The second kappa shape index (κ2) is 15.1. The zero-order valence-electron chi connectivity index (χ0n) is 26.4. The second-order valence-corrected chi connectivity index (χ2v) is 13.5. The van der Waals surface area contributed by atoms with Gasteiger partial charge in [-0.25, -0.2) is 4.39 Å². The van der Waals surface area contributed by atoms with Gasteiger partial charge in [-0.3, -0.25) is 0 Å². The van der Waals surface area contributed by atoms with E-state index >= 15 is 0 Å². The number of nitrogens with zero attached hydrogens (tertiary/aromatic N) is 1. The molecule has 0 radical (unpaired) electrons. The Hall–Kier alpha value is -2.00. The van der Waals surface area contributed by atoms with Crippen LogP contribution in [0.1, 0.15) is 77.3 Å². The van der Waals surface area contributed by atoms with E-state index < -0.39 is 17.4 Å². The number of allylic oxidation sites excluding steroid dienone is 2. The van der Waals surface area contributed by atoms with Gasteiger partial charge in [0.15, 0.2) is 0 Å². The molecule has 0 aromatic heterocycles. The lowest BCUT2D eigenvalue weighted by Crippen LogP contribution is -2.48. The van der Waals surface area contributed by atoms with Crippen LogP contribution < -0.4 is 10.5 Å². The standard InChI is InChI=1S/C34H46F4N2O2.2ClH/c1-31(2,34(36,37)38)23-40(21-24-6-8-25(9-7-24)26-10-15-30(39)29(35)20-26)18-16-33(17-19-42-32(3,4)22-33)27-11-13-28(41-5)14-12-27;;/h8,10-15,20,24H,6-7,9,16-19,21-23,39H2,1-5H3;2*1H/t24?,33-;;/m1../s1. The molecule has 0 saturated carbocycles. The SMILES string of the molecule is COc1ccc([C@]2(CCN(CC3CC=C(c4ccc(N)c(F)c4)CC3)CC(C)(C)C(F)(F)F)CCOC(C)(C)C2)cc1.Cl.Cl. The maximum atomic E-state index is 14.1. The first-order valence-electron chi connectivity index (χ1n) is 15.0. The third-order valence-corrected chi connectivity index (χ3v) is 9.24. The summed E-state index contributed by atoms with van der Waals surface area (Å²) in [6.45, 7) is 8.45. The summed E-state index contributed by atoms with van der Waals surface area (Å²) in [6, 6.07) is 13.0. The van der Waals surface area contributed by atoms with Crippen molar-refractivity contribution in [3.8, 4) is 5.75 Å². The molecule has 0 amide bonds. The van der Waals surface area contributed by atoms with Crippen molar-refractivity contribution in [1.82, 2.24) is 4.90 Å². The smallest absolute Gasteiger partial charge is 0.395 e. The lowest BCUT2D eigenvalue weighted by Gasteiger charge is -2.47. The highest BCUT2D eigenvalue weighted by Gasteiger charge is 2.49. The minimum Gasteiger partial charge on any atom is -0.497 e.